The molecule has 2 N–H and O–H groups in total. The lowest BCUT2D eigenvalue weighted by atomic mass is 9.88. The van der Waals surface area contributed by atoms with E-state index in [-0.39, 0.29) is 18.9 Å². The summed E-state index contributed by atoms with van der Waals surface area (Å²) in [6.07, 6.45) is 0.453. The molecular weight excluding hydrogens is 482 g/mol. The Morgan fingerprint density at radius 2 is 1.76 bits per heavy atom. The van der Waals surface area contributed by atoms with Gasteiger partial charge in [-0.15, -0.1) is 11.3 Å². The summed E-state index contributed by atoms with van der Waals surface area (Å²) in [5.74, 6) is 0.292. The molecule has 37 heavy (non-hydrogen) atoms. The molecule has 1 aromatic carbocycles. The van der Waals surface area contributed by atoms with Crippen molar-refractivity contribution in [3.8, 4) is 11.1 Å². The average molecular weight is 522 g/mol. The van der Waals surface area contributed by atoms with Gasteiger partial charge in [-0.1, -0.05) is 49.7 Å². The second-order valence-corrected chi connectivity index (χ2v) is 12.0. The first kappa shape index (κ1) is 28.4. The van der Waals surface area contributed by atoms with Crippen molar-refractivity contribution >= 4 is 23.3 Å². The Labute approximate surface area is 224 Å². The minimum Gasteiger partial charge on any atom is -0.445 e. The monoisotopic (exact) mass is 521 g/mol. The number of alkyl carbamates (subject to hydrolysis) is 1. The molecule has 6 nitrogen and oxygen atoms in total. The van der Waals surface area contributed by atoms with Gasteiger partial charge in [-0.2, -0.15) is 0 Å². The molecule has 2 amide bonds. The van der Waals surface area contributed by atoms with Crippen LogP contribution in [0.5, 0.6) is 0 Å². The van der Waals surface area contributed by atoms with Crippen LogP contribution >= 0.6 is 11.3 Å². The summed E-state index contributed by atoms with van der Waals surface area (Å²) < 4.78 is 5.72. The predicted octanol–water partition coefficient (Wildman–Crippen LogP) is 6.51. The van der Waals surface area contributed by atoms with Gasteiger partial charge in [0.05, 0.1) is 13.0 Å². The number of nitrogens with zero attached hydrogens (tertiary/aromatic N) is 1. The van der Waals surface area contributed by atoms with E-state index < -0.39 is 11.6 Å². The molecule has 0 aliphatic heterocycles. The fourth-order valence-corrected chi connectivity index (χ4v) is 4.79. The summed E-state index contributed by atoms with van der Waals surface area (Å²) in [5.41, 5.74) is 6.08. The van der Waals surface area contributed by atoms with E-state index in [9.17, 15) is 9.59 Å². The van der Waals surface area contributed by atoms with E-state index in [1.807, 2.05) is 52.1 Å². The highest BCUT2D eigenvalue weighted by molar-refractivity contribution is 7.09. The summed E-state index contributed by atoms with van der Waals surface area (Å²) >= 11 is 1.62. The largest absolute Gasteiger partial charge is 0.445 e. The second kappa shape index (κ2) is 12.4. The highest BCUT2D eigenvalue weighted by Gasteiger charge is 2.23. The Morgan fingerprint density at radius 3 is 2.35 bits per heavy atom. The van der Waals surface area contributed by atoms with Gasteiger partial charge in [-0.05, 0) is 75.1 Å². The average Bonchev–Trinajstić information content (AvgIpc) is 3.31. The highest BCUT2D eigenvalue weighted by atomic mass is 32.1. The fraction of sp³-hybridized carbons (Fsp3) is 0.433. The van der Waals surface area contributed by atoms with Crippen LogP contribution < -0.4 is 10.6 Å². The van der Waals surface area contributed by atoms with Crippen LogP contribution in [0.2, 0.25) is 0 Å². The van der Waals surface area contributed by atoms with E-state index in [4.69, 9.17) is 9.72 Å². The fourth-order valence-electron chi connectivity index (χ4n) is 4.14. The van der Waals surface area contributed by atoms with Gasteiger partial charge in [-0.25, -0.2) is 4.79 Å². The lowest BCUT2D eigenvalue weighted by Crippen LogP contribution is -2.40. The van der Waals surface area contributed by atoms with Gasteiger partial charge in [0.15, 0.2) is 0 Å². The summed E-state index contributed by atoms with van der Waals surface area (Å²) in [7, 11) is 0. The number of pyridine rings is 1. The van der Waals surface area contributed by atoms with Gasteiger partial charge in [0, 0.05) is 27.4 Å². The molecule has 0 unspecified atom stereocenters. The molecule has 0 atom stereocenters. The number of amides is 2. The Kier molecular flexibility index (Phi) is 9.49. The van der Waals surface area contributed by atoms with Crippen molar-refractivity contribution in [3.05, 3.63) is 74.7 Å². The molecular formula is C30H39N3O3S. The maximum atomic E-state index is 13.1. The van der Waals surface area contributed by atoms with Crippen LogP contribution in [-0.2, 0) is 35.5 Å². The zero-order valence-corrected chi connectivity index (χ0v) is 23.8. The number of rotatable bonds is 9. The number of carbonyl (C=O) groups excluding carboxylic acids is 2. The Morgan fingerprint density at radius 1 is 1.05 bits per heavy atom. The first-order chi connectivity index (χ1) is 17.4. The van der Waals surface area contributed by atoms with Crippen LogP contribution in [0.25, 0.3) is 11.1 Å². The van der Waals surface area contributed by atoms with Gasteiger partial charge >= 0.3 is 6.09 Å². The van der Waals surface area contributed by atoms with E-state index >= 15 is 0 Å². The van der Waals surface area contributed by atoms with E-state index in [0.29, 0.717) is 12.5 Å². The third-order valence-corrected chi connectivity index (χ3v) is 6.71. The molecule has 0 saturated carbocycles. The molecule has 0 fully saturated rings. The summed E-state index contributed by atoms with van der Waals surface area (Å²) in [6.45, 7) is 14.6. The van der Waals surface area contributed by atoms with Crippen LogP contribution in [0.1, 0.15) is 67.6 Å². The summed E-state index contributed by atoms with van der Waals surface area (Å²) in [6, 6.07) is 12.2. The zero-order valence-electron chi connectivity index (χ0n) is 23.0. The van der Waals surface area contributed by atoms with Crippen LogP contribution in [0.15, 0.2) is 41.8 Å². The van der Waals surface area contributed by atoms with Crippen LogP contribution in [0, 0.1) is 19.8 Å². The minimum atomic E-state index is -0.478. The van der Waals surface area contributed by atoms with Crippen molar-refractivity contribution in [2.24, 2.45) is 5.92 Å². The smallest absolute Gasteiger partial charge is 0.407 e. The predicted molar refractivity (Wildman–Crippen MR) is 151 cm³/mol. The van der Waals surface area contributed by atoms with Gasteiger partial charge < -0.3 is 15.4 Å². The van der Waals surface area contributed by atoms with Crippen molar-refractivity contribution in [1.29, 1.82) is 0 Å². The topological polar surface area (TPSA) is 80.3 Å². The lowest BCUT2D eigenvalue weighted by molar-refractivity contribution is -0.120. The van der Waals surface area contributed by atoms with Crippen molar-refractivity contribution in [3.63, 3.8) is 0 Å². The number of hydrogen-bond acceptors (Lipinski definition) is 5. The molecule has 3 aromatic rings. The van der Waals surface area contributed by atoms with Gasteiger partial charge in [0.25, 0.3) is 0 Å². The van der Waals surface area contributed by atoms with Gasteiger partial charge in [-0.3, -0.25) is 9.78 Å². The maximum absolute atomic E-state index is 13.1. The standard InChI is InChI=1S/C30H39N3O3S/c1-19(2)15-26-25(18-36-29(35)33-30(5,6)7)28(22-12-10-20(3)11-13-22)24(21(4)32-26)16-27(34)31-17-23-9-8-14-37-23/h8-14,19H,15-18H2,1-7H3,(H,31,34)(H,33,35). The number of benzene rings is 1. The molecule has 3 rings (SSSR count). The molecule has 7 heteroatoms. The number of nitrogens with one attached hydrogen (secondary N) is 2. The quantitative estimate of drug-likeness (QED) is 0.336. The first-order valence-corrected chi connectivity index (χ1v) is 13.6. The maximum Gasteiger partial charge on any atom is 0.407 e. The number of thiophene rings is 1. The molecule has 0 aliphatic carbocycles. The Hall–Kier alpha value is -3.19. The van der Waals surface area contributed by atoms with Crippen LogP contribution in [0.3, 0.4) is 0 Å². The molecule has 0 saturated heterocycles. The molecule has 0 aliphatic rings. The lowest BCUT2D eigenvalue weighted by Gasteiger charge is -2.23. The molecule has 0 radical (unpaired) electrons. The van der Waals surface area contributed by atoms with E-state index in [1.165, 1.54) is 0 Å². The zero-order chi connectivity index (χ0) is 27.2. The normalized spacial score (nSPS) is 11.5. The number of aromatic nitrogens is 1. The van der Waals surface area contributed by atoms with E-state index in [0.717, 1.165) is 50.5 Å². The second-order valence-electron chi connectivity index (χ2n) is 10.9. The number of carbonyl (C=O) groups is 2. The van der Waals surface area contributed by atoms with E-state index in [2.05, 4.69) is 48.7 Å². The number of ether oxygens (including phenoxy) is 1. The molecule has 2 heterocycles. The molecule has 2 aromatic heterocycles. The SMILES string of the molecule is Cc1ccc(-c2c(CC(=O)NCc3cccs3)c(C)nc(CC(C)C)c2COC(=O)NC(C)(C)C)cc1. The van der Waals surface area contributed by atoms with Gasteiger partial charge in [0.1, 0.15) is 6.61 Å². The van der Waals surface area contributed by atoms with Crippen molar-refractivity contribution in [2.75, 3.05) is 0 Å². The van der Waals surface area contributed by atoms with Crippen LogP contribution in [0.4, 0.5) is 4.79 Å². The van der Waals surface area contributed by atoms with Crippen LogP contribution in [-0.4, -0.2) is 22.5 Å². The van der Waals surface area contributed by atoms with Crippen molar-refractivity contribution < 1.29 is 14.3 Å². The van der Waals surface area contributed by atoms with Gasteiger partial charge in [0.2, 0.25) is 5.91 Å². The molecule has 198 valence electrons. The van der Waals surface area contributed by atoms with E-state index in [1.54, 1.807) is 11.3 Å². The molecule has 0 bridgehead atoms. The molecule has 0 spiro atoms. The third-order valence-electron chi connectivity index (χ3n) is 5.84. The third kappa shape index (κ3) is 8.42. The Bertz CT molecular complexity index is 1210. The minimum absolute atomic E-state index is 0.0689. The summed E-state index contributed by atoms with van der Waals surface area (Å²) in [5, 5.41) is 7.90. The highest BCUT2D eigenvalue weighted by Crippen LogP contribution is 2.34. The van der Waals surface area contributed by atoms with Crippen molar-refractivity contribution in [2.45, 2.75) is 80.0 Å². The first-order valence-electron chi connectivity index (χ1n) is 12.7. The summed E-state index contributed by atoms with van der Waals surface area (Å²) in [4.78, 5) is 31.7. The number of hydrogen-bond donors (Lipinski definition) is 2. The number of aryl methyl sites for hydroxylation is 2. The Balaban J connectivity index is 2.04. The van der Waals surface area contributed by atoms with Crippen molar-refractivity contribution in [1.82, 2.24) is 15.6 Å².